The number of pyridine rings is 1. The Morgan fingerprint density at radius 3 is 3.09 bits per heavy atom. The molecular weight excluding hydrogens is 308 g/mol. The molecule has 1 spiro atoms. The van der Waals surface area contributed by atoms with Gasteiger partial charge in [0.2, 0.25) is 0 Å². The smallest absolute Gasteiger partial charge is 0.0959 e. The van der Waals surface area contributed by atoms with Gasteiger partial charge in [0, 0.05) is 38.9 Å². The van der Waals surface area contributed by atoms with Crippen molar-refractivity contribution in [3.05, 3.63) is 52.5 Å². The van der Waals surface area contributed by atoms with Crippen LogP contribution in [0.5, 0.6) is 0 Å². The van der Waals surface area contributed by atoms with E-state index in [9.17, 15) is 0 Å². The van der Waals surface area contributed by atoms with Gasteiger partial charge in [-0.05, 0) is 40.9 Å². The van der Waals surface area contributed by atoms with Crippen molar-refractivity contribution in [2.75, 3.05) is 19.7 Å². The average molecular weight is 330 g/mol. The summed E-state index contributed by atoms with van der Waals surface area (Å²) in [6.07, 6.45) is 4.09. The van der Waals surface area contributed by atoms with Crippen molar-refractivity contribution >= 4 is 11.3 Å². The predicted molar refractivity (Wildman–Crippen MR) is 90.3 cm³/mol. The van der Waals surface area contributed by atoms with Crippen LogP contribution in [-0.2, 0) is 22.6 Å². The summed E-state index contributed by atoms with van der Waals surface area (Å²) in [7, 11) is 0. The Bertz CT molecular complexity index is 611. The molecule has 0 amide bonds. The van der Waals surface area contributed by atoms with Crippen LogP contribution in [0.1, 0.15) is 24.1 Å². The molecule has 2 aliphatic rings. The van der Waals surface area contributed by atoms with Crippen LogP contribution in [0, 0.1) is 0 Å². The molecule has 5 heteroatoms. The van der Waals surface area contributed by atoms with E-state index in [2.05, 4.69) is 26.7 Å². The van der Waals surface area contributed by atoms with Crippen LogP contribution in [0.15, 0.2) is 41.2 Å². The number of rotatable bonds is 5. The molecule has 2 aromatic heterocycles. The first-order valence-corrected chi connectivity index (χ1v) is 9.15. The van der Waals surface area contributed by atoms with Gasteiger partial charge in [-0.25, -0.2) is 0 Å². The van der Waals surface area contributed by atoms with Crippen molar-refractivity contribution in [1.82, 2.24) is 9.88 Å². The van der Waals surface area contributed by atoms with Crippen LogP contribution >= 0.6 is 11.3 Å². The lowest BCUT2D eigenvalue weighted by Crippen LogP contribution is -2.65. The standard InChI is InChI=1S/C18H22N2O2S/c1-2-6-19-16(3-1)11-21-17-4-7-22-18(9-17)13-20(14-18)10-15-5-8-23-12-15/h1-3,5-6,8,12,17H,4,7,9-11,13-14H2/t17-/m1/s1. The highest BCUT2D eigenvalue weighted by Crippen LogP contribution is 2.36. The van der Waals surface area contributed by atoms with Gasteiger partial charge in [0.05, 0.1) is 24.0 Å². The number of hydrogen-bond donors (Lipinski definition) is 0. The summed E-state index contributed by atoms with van der Waals surface area (Å²) in [5.41, 5.74) is 2.42. The highest BCUT2D eigenvalue weighted by Gasteiger charge is 2.47. The molecule has 23 heavy (non-hydrogen) atoms. The lowest BCUT2D eigenvalue weighted by Gasteiger charge is -2.53. The van der Waals surface area contributed by atoms with Crippen LogP contribution in [0.4, 0.5) is 0 Å². The predicted octanol–water partition coefficient (Wildman–Crippen LogP) is 3.09. The number of likely N-dealkylation sites (tertiary alicyclic amines) is 1. The summed E-state index contributed by atoms with van der Waals surface area (Å²) < 4.78 is 12.2. The Kier molecular flexibility index (Phi) is 4.44. The zero-order chi connectivity index (χ0) is 15.5. The lowest BCUT2D eigenvalue weighted by molar-refractivity contribution is -0.200. The Labute approximate surface area is 141 Å². The van der Waals surface area contributed by atoms with Crippen molar-refractivity contribution in [3.8, 4) is 0 Å². The van der Waals surface area contributed by atoms with Crippen molar-refractivity contribution in [2.24, 2.45) is 0 Å². The maximum atomic E-state index is 6.10. The largest absolute Gasteiger partial charge is 0.372 e. The highest BCUT2D eigenvalue weighted by atomic mass is 32.1. The fraction of sp³-hybridized carbons (Fsp3) is 0.500. The number of ether oxygens (including phenoxy) is 2. The monoisotopic (exact) mass is 330 g/mol. The van der Waals surface area contributed by atoms with Crippen LogP contribution in [0.25, 0.3) is 0 Å². The first kappa shape index (κ1) is 15.3. The van der Waals surface area contributed by atoms with Crippen molar-refractivity contribution in [1.29, 1.82) is 0 Å². The topological polar surface area (TPSA) is 34.6 Å². The second kappa shape index (κ2) is 6.69. The third kappa shape index (κ3) is 3.63. The molecule has 0 unspecified atom stereocenters. The van der Waals surface area contributed by atoms with Crippen LogP contribution in [-0.4, -0.2) is 41.3 Å². The Hall–Kier alpha value is -1.27. The van der Waals surface area contributed by atoms with Gasteiger partial charge in [-0.1, -0.05) is 6.07 Å². The molecule has 4 heterocycles. The molecule has 0 aromatic carbocycles. The minimum absolute atomic E-state index is 0.0169. The number of nitrogens with zero attached hydrogens (tertiary/aromatic N) is 2. The minimum atomic E-state index is 0.0169. The molecule has 0 N–H and O–H groups in total. The quantitative estimate of drug-likeness (QED) is 0.844. The molecule has 4 rings (SSSR count). The van der Waals surface area contributed by atoms with Gasteiger partial charge in [-0.15, -0.1) is 0 Å². The second-order valence-corrected chi connectivity index (χ2v) is 7.34. The zero-order valence-corrected chi connectivity index (χ0v) is 14.0. The van der Waals surface area contributed by atoms with Crippen molar-refractivity contribution in [3.63, 3.8) is 0 Å². The summed E-state index contributed by atoms with van der Waals surface area (Å²) in [5.74, 6) is 0. The maximum Gasteiger partial charge on any atom is 0.0959 e. The van der Waals surface area contributed by atoms with Crippen molar-refractivity contribution in [2.45, 2.75) is 37.7 Å². The first-order chi connectivity index (χ1) is 11.3. The summed E-state index contributed by atoms with van der Waals surface area (Å²) in [6, 6.07) is 8.16. The molecule has 1 atom stereocenters. The Balaban J connectivity index is 1.27. The van der Waals surface area contributed by atoms with E-state index in [1.54, 1.807) is 11.3 Å². The lowest BCUT2D eigenvalue weighted by atomic mass is 9.84. The molecule has 2 fully saturated rings. The van der Waals surface area contributed by atoms with Gasteiger partial charge in [0.1, 0.15) is 0 Å². The normalized spacial score (nSPS) is 23.7. The fourth-order valence-corrected chi connectivity index (χ4v) is 4.21. The molecule has 4 nitrogen and oxygen atoms in total. The van der Waals surface area contributed by atoms with Gasteiger partial charge in [0.25, 0.3) is 0 Å². The van der Waals surface area contributed by atoms with E-state index in [0.717, 1.165) is 44.8 Å². The molecule has 2 saturated heterocycles. The van der Waals surface area contributed by atoms with E-state index < -0.39 is 0 Å². The molecular formula is C18H22N2O2S. The van der Waals surface area contributed by atoms with Crippen LogP contribution < -0.4 is 0 Å². The minimum Gasteiger partial charge on any atom is -0.372 e. The molecule has 0 saturated carbocycles. The fourth-order valence-electron chi connectivity index (χ4n) is 3.55. The summed E-state index contributed by atoms with van der Waals surface area (Å²) in [5, 5.41) is 4.37. The molecule has 2 aliphatic heterocycles. The van der Waals surface area contributed by atoms with Gasteiger partial charge in [-0.3, -0.25) is 9.88 Å². The Morgan fingerprint density at radius 1 is 1.35 bits per heavy atom. The van der Waals surface area contributed by atoms with Gasteiger partial charge in [0.15, 0.2) is 0 Å². The summed E-state index contributed by atoms with van der Waals surface area (Å²) in [6.45, 7) is 4.48. The number of hydrogen-bond acceptors (Lipinski definition) is 5. The summed E-state index contributed by atoms with van der Waals surface area (Å²) in [4.78, 5) is 6.79. The van der Waals surface area contributed by atoms with E-state index >= 15 is 0 Å². The van der Waals surface area contributed by atoms with Gasteiger partial charge in [-0.2, -0.15) is 11.3 Å². The van der Waals surface area contributed by atoms with E-state index in [1.165, 1.54) is 5.56 Å². The van der Waals surface area contributed by atoms with Gasteiger partial charge < -0.3 is 9.47 Å². The second-order valence-electron chi connectivity index (χ2n) is 6.56. The molecule has 2 aromatic rings. The highest BCUT2D eigenvalue weighted by molar-refractivity contribution is 7.07. The SMILES string of the molecule is c1ccc(CO[C@@H]2CCOC3(C2)CN(Cc2ccsc2)C3)nc1. The Morgan fingerprint density at radius 2 is 2.30 bits per heavy atom. The number of thiophene rings is 1. The summed E-state index contributed by atoms with van der Waals surface area (Å²) >= 11 is 1.76. The third-order valence-corrected chi connectivity index (χ3v) is 5.38. The van der Waals surface area contributed by atoms with E-state index in [-0.39, 0.29) is 11.7 Å². The van der Waals surface area contributed by atoms with E-state index in [1.807, 2.05) is 24.4 Å². The number of aromatic nitrogens is 1. The van der Waals surface area contributed by atoms with Gasteiger partial charge >= 0.3 is 0 Å². The first-order valence-electron chi connectivity index (χ1n) is 8.20. The third-order valence-electron chi connectivity index (χ3n) is 4.65. The van der Waals surface area contributed by atoms with E-state index in [0.29, 0.717) is 6.61 Å². The van der Waals surface area contributed by atoms with Crippen LogP contribution in [0.2, 0.25) is 0 Å². The van der Waals surface area contributed by atoms with Crippen LogP contribution in [0.3, 0.4) is 0 Å². The molecule has 0 aliphatic carbocycles. The van der Waals surface area contributed by atoms with Crippen molar-refractivity contribution < 1.29 is 9.47 Å². The molecule has 0 radical (unpaired) electrons. The average Bonchev–Trinajstić information content (AvgIpc) is 3.06. The molecule has 122 valence electrons. The molecule has 0 bridgehead atoms. The van der Waals surface area contributed by atoms with E-state index in [4.69, 9.17) is 9.47 Å². The maximum absolute atomic E-state index is 6.10. The zero-order valence-electron chi connectivity index (χ0n) is 13.2.